The molecule has 0 saturated carbocycles. The zero-order valence-corrected chi connectivity index (χ0v) is 11.1. The van der Waals surface area contributed by atoms with Gasteiger partial charge in [0.25, 0.3) is 0 Å². The normalized spacial score (nSPS) is 12.2. The molecule has 4 nitrogen and oxygen atoms in total. The summed E-state index contributed by atoms with van der Waals surface area (Å²) in [5.74, 6) is -0.158. The van der Waals surface area contributed by atoms with Crippen LogP contribution in [0, 0.1) is 12.7 Å². The number of hydrogen-bond donors (Lipinski definition) is 1. The number of aromatic nitrogens is 2. The van der Waals surface area contributed by atoms with Gasteiger partial charge in [0.05, 0.1) is 30.7 Å². The van der Waals surface area contributed by atoms with Crippen molar-refractivity contribution < 1.29 is 9.13 Å². The number of methoxy groups -OCH3 is 1. The fraction of sp³-hybridized carbons (Fsp3) is 0.286. The summed E-state index contributed by atoms with van der Waals surface area (Å²) in [7, 11) is 3.24. The monoisotopic (exact) mass is 261 g/mol. The second-order valence-electron chi connectivity index (χ2n) is 4.20. The summed E-state index contributed by atoms with van der Waals surface area (Å²) in [6, 6.07) is 4.66. The minimum absolute atomic E-state index is 0.200. The van der Waals surface area contributed by atoms with E-state index in [1.54, 1.807) is 25.5 Å². The highest BCUT2D eigenvalue weighted by Gasteiger charge is 2.15. The van der Waals surface area contributed by atoms with Crippen LogP contribution in [0.4, 0.5) is 4.39 Å². The minimum Gasteiger partial charge on any atom is -0.494 e. The molecule has 0 bridgehead atoms. The highest BCUT2D eigenvalue weighted by atomic mass is 19.1. The molecular weight excluding hydrogens is 245 g/mol. The highest BCUT2D eigenvalue weighted by molar-refractivity contribution is 5.34. The lowest BCUT2D eigenvalue weighted by Crippen LogP contribution is -2.19. The first-order chi connectivity index (χ1) is 9.15. The third-order valence-electron chi connectivity index (χ3n) is 2.89. The molecule has 0 saturated heterocycles. The van der Waals surface area contributed by atoms with Crippen molar-refractivity contribution in [3.63, 3.8) is 0 Å². The Bertz CT molecular complexity index is 557. The van der Waals surface area contributed by atoms with Gasteiger partial charge in [-0.05, 0) is 31.7 Å². The molecule has 0 aliphatic heterocycles. The molecule has 1 aromatic heterocycles. The van der Waals surface area contributed by atoms with Crippen molar-refractivity contribution in [2.24, 2.45) is 0 Å². The summed E-state index contributed by atoms with van der Waals surface area (Å²) in [6.07, 6.45) is 3.39. The van der Waals surface area contributed by atoms with Gasteiger partial charge in [0, 0.05) is 6.20 Å². The molecule has 0 amide bonds. The quantitative estimate of drug-likeness (QED) is 0.917. The largest absolute Gasteiger partial charge is 0.494 e. The third-order valence-corrected chi connectivity index (χ3v) is 2.89. The van der Waals surface area contributed by atoms with Crippen LogP contribution < -0.4 is 10.1 Å². The van der Waals surface area contributed by atoms with E-state index in [-0.39, 0.29) is 17.6 Å². The topological polar surface area (TPSA) is 47.0 Å². The summed E-state index contributed by atoms with van der Waals surface area (Å²) in [5.41, 5.74) is 2.37. The predicted octanol–water partition coefficient (Wildman–Crippen LogP) is 2.24. The molecule has 1 atom stereocenters. The lowest BCUT2D eigenvalue weighted by Gasteiger charge is -2.16. The van der Waals surface area contributed by atoms with Crippen molar-refractivity contribution >= 4 is 0 Å². The van der Waals surface area contributed by atoms with E-state index in [0.717, 1.165) is 17.0 Å². The summed E-state index contributed by atoms with van der Waals surface area (Å²) < 4.78 is 18.6. The van der Waals surface area contributed by atoms with Crippen molar-refractivity contribution in [3.8, 4) is 5.75 Å². The van der Waals surface area contributed by atoms with Gasteiger partial charge in [-0.3, -0.25) is 9.97 Å². The van der Waals surface area contributed by atoms with Gasteiger partial charge in [-0.1, -0.05) is 6.07 Å². The Balaban J connectivity index is 2.36. The smallest absolute Gasteiger partial charge is 0.165 e. The zero-order chi connectivity index (χ0) is 13.8. The first kappa shape index (κ1) is 13.4. The van der Waals surface area contributed by atoms with Crippen molar-refractivity contribution in [1.82, 2.24) is 15.3 Å². The maximum atomic E-state index is 13.7. The molecule has 1 aromatic carbocycles. The van der Waals surface area contributed by atoms with Crippen LogP contribution in [0.25, 0.3) is 0 Å². The Kier molecular flexibility index (Phi) is 4.06. The molecule has 5 heteroatoms. The van der Waals surface area contributed by atoms with E-state index in [2.05, 4.69) is 15.3 Å². The van der Waals surface area contributed by atoms with E-state index in [1.807, 2.05) is 13.0 Å². The van der Waals surface area contributed by atoms with Crippen molar-refractivity contribution in [1.29, 1.82) is 0 Å². The Hall–Kier alpha value is -2.01. The van der Waals surface area contributed by atoms with E-state index in [9.17, 15) is 4.39 Å². The second-order valence-corrected chi connectivity index (χ2v) is 4.20. The van der Waals surface area contributed by atoms with Crippen LogP contribution in [-0.4, -0.2) is 24.1 Å². The molecular formula is C14H16FN3O. The van der Waals surface area contributed by atoms with Crippen LogP contribution in [0.2, 0.25) is 0 Å². The molecule has 1 N–H and O–H groups in total. The lowest BCUT2D eigenvalue weighted by molar-refractivity contribution is 0.386. The van der Waals surface area contributed by atoms with Gasteiger partial charge in [0.2, 0.25) is 0 Å². The number of ether oxygens (including phenoxy) is 1. The van der Waals surface area contributed by atoms with Gasteiger partial charge >= 0.3 is 0 Å². The number of aryl methyl sites for hydroxylation is 1. The Labute approximate surface area is 111 Å². The maximum absolute atomic E-state index is 13.7. The van der Waals surface area contributed by atoms with E-state index in [4.69, 9.17) is 4.74 Å². The molecule has 0 aliphatic rings. The molecule has 1 heterocycles. The van der Waals surface area contributed by atoms with E-state index < -0.39 is 0 Å². The molecule has 2 rings (SSSR count). The standard InChI is InChI=1S/C14H16FN3O/c1-9-7-18-12(8-17-9)14(16-2)10-4-5-13(19-3)11(15)6-10/h4-8,14,16H,1-3H3. The first-order valence-electron chi connectivity index (χ1n) is 5.95. The van der Waals surface area contributed by atoms with Crippen LogP contribution in [0.3, 0.4) is 0 Å². The second kappa shape index (κ2) is 5.75. The molecule has 0 aliphatic carbocycles. The van der Waals surface area contributed by atoms with Gasteiger partial charge in [0.15, 0.2) is 11.6 Å². The van der Waals surface area contributed by atoms with Crippen LogP contribution >= 0.6 is 0 Å². The molecule has 0 fully saturated rings. The zero-order valence-electron chi connectivity index (χ0n) is 11.1. The molecule has 2 aromatic rings. The Morgan fingerprint density at radius 3 is 2.58 bits per heavy atom. The lowest BCUT2D eigenvalue weighted by atomic mass is 10.0. The predicted molar refractivity (Wildman–Crippen MR) is 70.6 cm³/mol. The van der Waals surface area contributed by atoms with Gasteiger partial charge in [-0.25, -0.2) is 4.39 Å². The number of nitrogens with one attached hydrogen (secondary N) is 1. The van der Waals surface area contributed by atoms with Gasteiger partial charge in [-0.2, -0.15) is 0 Å². The van der Waals surface area contributed by atoms with Gasteiger partial charge in [0.1, 0.15) is 0 Å². The van der Waals surface area contributed by atoms with Crippen LogP contribution in [0.1, 0.15) is 23.0 Å². The number of halogens is 1. The average Bonchev–Trinajstić information content (AvgIpc) is 2.42. The Morgan fingerprint density at radius 1 is 1.26 bits per heavy atom. The molecule has 19 heavy (non-hydrogen) atoms. The average molecular weight is 261 g/mol. The highest BCUT2D eigenvalue weighted by Crippen LogP contribution is 2.24. The fourth-order valence-corrected chi connectivity index (χ4v) is 1.90. The van der Waals surface area contributed by atoms with Crippen LogP contribution in [0.5, 0.6) is 5.75 Å². The number of benzene rings is 1. The van der Waals surface area contributed by atoms with Gasteiger partial charge < -0.3 is 10.1 Å². The maximum Gasteiger partial charge on any atom is 0.165 e. The molecule has 1 unspecified atom stereocenters. The SMILES string of the molecule is CNC(c1ccc(OC)c(F)c1)c1cnc(C)cn1. The number of nitrogens with zero attached hydrogens (tertiary/aromatic N) is 2. The van der Waals surface area contributed by atoms with Gasteiger partial charge in [-0.15, -0.1) is 0 Å². The van der Waals surface area contributed by atoms with Crippen LogP contribution in [-0.2, 0) is 0 Å². The van der Waals surface area contributed by atoms with Crippen molar-refractivity contribution in [3.05, 3.63) is 53.4 Å². The molecule has 0 spiro atoms. The van der Waals surface area contributed by atoms with Crippen molar-refractivity contribution in [2.45, 2.75) is 13.0 Å². The third kappa shape index (κ3) is 2.88. The van der Waals surface area contributed by atoms with E-state index in [1.165, 1.54) is 13.2 Å². The van der Waals surface area contributed by atoms with E-state index in [0.29, 0.717) is 0 Å². The minimum atomic E-state index is -0.389. The van der Waals surface area contributed by atoms with E-state index >= 15 is 0 Å². The number of rotatable bonds is 4. The van der Waals surface area contributed by atoms with Crippen LogP contribution in [0.15, 0.2) is 30.6 Å². The first-order valence-corrected chi connectivity index (χ1v) is 5.95. The summed E-state index contributed by atoms with van der Waals surface area (Å²) >= 11 is 0. The summed E-state index contributed by atoms with van der Waals surface area (Å²) in [4.78, 5) is 8.53. The fourth-order valence-electron chi connectivity index (χ4n) is 1.90. The summed E-state index contributed by atoms with van der Waals surface area (Å²) in [6.45, 7) is 1.87. The molecule has 100 valence electrons. The van der Waals surface area contributed by atoms with Crippen molar-refractivity contribution in [2.75, 3.05) is 14.2 Å². The Morgan fingerprint density at radius 2 is 2.05 bits per heavy atom. The molecule has 0 radical (unpaired) electrons. The summed E-state index contributed by atoms with van der Waals surface area (Å²) in [5, 5.41) is 3.11. The number of hydrogen-bond acceptors (Lipinski definition) is 4.